The minimum Gasteiger partial charge on any atom is -0.383 e. The monoisotopic (exact) mass is 412 g/mol. The van der Waals surface area contributed by atoms with Gasteiger partial charge in [0.2, 0.25) is 0 Å². The van der Waals surface area contributed by atoms with Gasteiger partial charge < -0.3 is 10.2 Å². The van der Waals surface area contributed by atoms with Crippen molar-refractivity contribution in [2.24, 2.45) is 0 Å². The number of nitriles is 4. The highest BCUT2D eigenvalue weighted by Gasteiger charge is 2.10. The lowest BCUT2D eigenvalue weighted by molar-refractivity contribution is 0.664. The van der Waals surface area contributed by atoms with Crippen LogP contribution in [0.25, 0.3) is 0 Å². The summed E-state index contributed by atoms with van der Waals surface area (Å²) in [4.78, 5) is 2.11. The van der Waals surface area contributed by atoms with Gasteiger partial charge in [0.15, 0.2) is 0 Å². The van der Waals surface area contributed by atoms with Crippen LogP contribution in [0.4, 0.5) is 11.4 Å². The zero-order chi connectivity index (χ0) is 23.4. The molecule has 2 rings (SSSR count). The van der Waals surface area contributed by atoms with Crippen molar-refractivity contribution in [3.63, 3.8) is 0 Å². The first-order valence-electron chi connectivity index (χ1n) is 10.2. The minimum atomic E-state index is 0.365. The van der Waals surface area contributed by atoms with Crippen molar-refractivity contribution < 1.29 is 0 Å². The lowest BCUT2D eigenvalue weighted by atomic mass is 10.1. The molecule has 2 aromatic carbocycles. The van der Waals surface area contributed by atoms with Crippen LogP contribution in [-0.2, 0) is 0 Å². The molecule has 0 aliphatic rings. The van der Waals surface area contributed by atoms with Crippen LogP contribution < -0.4 is 10.2 Å². The van der Waals surface area contributed by atoms with Crippen LogP contribution in [-0.4, -0.2) is 19.1 Å². The second kappa shape index (κ2) is 12.5. The number of benzene rings is 2. The molecule has 0 spiro atoms. The van der Waals surface area contributed by atoms with E-state index >= 15 is 0 Å². The van der Waals surface area contributed by atoms with Crippen molar-refractivity contribution in [3.8, 4) is 24.3 Å². The van der Waals surface area contributed by atoms with Crippen LogP contribution in [0.15, 0.2) is 36.4 Å². The van der Waals surface area contributed by atoms with Gasteiger partial charge >= 0.3 is 0 Å². The number of hydrogen-bond donors (Lipinski definition) is 1. The molecule has 0 radical (unpaired) electrons. The summed E-state index contributed by atoms with van der Waals surface area (Å²) in [6.07, 6.45) is 2.06. The molecule has 2 atom stereocenters. The molecule has 0 unspecified atom stereocenters. The lowest BCUT2D eigenvalue weighted by Crippen LogP contribution is -2.27. The predicted molar refractivity (Wildman–Crippen MR) is 123 cm³/mol. The smallest absolute Gasteiger partial charge is 0.101 e. The van der Waals surface area contributed by atoms with Gasteiger partial charge in [0.1, 0.15) is 24.3 Å². The zero-order valence-electron chi connectivity index (χ0n) is 18.8. The van der Waals surface area contributed by atoms with E-state index in [9.17, 15) is 0 Å². The highest BCUT2D eigenvalue weighted by atomic mass is 15.1. The molecule has 0 heterocycles. The van der Waals surface area contributed by atoms with E-state index in [1.165, 1.54) is 0 Å². The molecule has 0 aliphatic carbocycles. The van der Waals surface area contributed by atoms with E-state index in [1.54, 1.807) is 24.3 Å². The highest BCUT2D eigenvalue weighted by Crippen LogP contribution is 2.20. The summed E-state index contributed by atoms with van der Waals surface area (Å²) in [6.45, 7) is 8.41. The summed E-state index contributed by atoms with van der Waals surface area (Å²) in [5, 5.41) is 38.6. The molecule has 0 amide bonds. The van der Waals surface area contributed by atoms with E-state index in [2.05, 4.69) is 37.9 Å². The second-order valence-electron chi connectivity index (χ2n) is 7.26. The Bertz CT molecular complexity index is 1050. The van der Waals surface area contributed by atoms with Crippen molar-refractivity contribution in [1.29, 1.82) is 21.0 Å². The van der Waals surface area contributed by atoms with E-state index in [0.29, 0.717) is 34.3 Å². The van der Waals surface area contributed by atoms with Crippen LogP contribution in [0.2, 0.25) is 0 Å². The van der Waals surface area contributed by atoms with Crippen LogP contribution in [0.5, 0.6) is 0 Å². The Hall–Kier alpha value is -4.00. The third kappa shape index (κ3) is 7.08. The summed E-state index contributed by atoms with van der Waals surface area (Å²) < 4.78 is 0. The summed E-state index contributed by atoms with van der Waals surface area (Å²) in [7, 11) is 2.00. The first kappa shape index (κ1) is 25.0. The molecular formula is C25H28N6. The third-order valence-corrected chi connectivity index (χ3v) is 5.19. The maximum absolute atomic E-state index is 8.93. The normalized spacial score (nSPS) is 11.3. The molecular weight excluding hydrogens is 384 g/mol. The van der Waals surface area contributed by atoms with Gasteiger partial charge in [-0.1, -0.05) is 13.8 Å². The molecule has 1 N–H and O–H groups in total. The van der Waals surface area contributed by atoms with Crippen molar-refractivity contribution in [1.82, 2.24) is 0 Å². The first-order valence-corrected chi connectivity index (χ1v) is 10.2. The first-order chi connectivity index (χ1) is 14.8. The molecule has 0 saturated heterocycles. The van der Waals surface area contributed by atoms with E-state index in [-0.39, 0.29) is 0 Å². The lowest BCUT2D eigenvalue weighted by Gasteiger charge is -2.26. The Morgan fingerprint density at radius 2 is 1.29 bits per heavy atom. The maximum Gasteiger partial charge on any atom is 0.101 e. The molecule has 0 saturated carbocycles. The van der Waals surface area contributed by atoms with Crippen molar-refractivity contribution in [3.05, 3.63) is 58.7 Å². The Morgan fingerprint density at radius 3 is 1.77 bits per heavy atom. The van der Waals surface area contributed by atoms with E-state index in [4.69, 9.17) is 21.0 Å². The number of nitrogens with one attached hydrogen (secondary N) is 1. The van der Waals surface area contributed by atoms with Gasteiger partial charge in [-0.3, -0.25) is 0 Å². The topological polar surface area (TPSA) is 110 Å². The zero-order valence-corrected chi connectivity index (χ0v) is 18.8. The summed E-state index contributed by atoms with van der Waals surface area (Å²) >= 11 is 0. The van der Waals surface area contributed by atoms with Crippen LogP contribution in [0, 0.1) is 45.3 Å². The van der Waals surface area contributed by atoms with Gasteiger partial charge in [-0.15, -0.1) is 0 Å². The predicted octanol–water partition coefficient (Wildman–Crippen LogP) is 5.31. The van der Waals surface area contributed by atoms with Crippen molar-refractivity contribution >= 4 is 11.4 Å². The SMILES string of the molecule is CC[C@@H](C)N(C)c1ccc(C#N)c(C#N)c1.CC[C@@H](C)Nc1ccc(C#N)c(C#N)c1. The average Bonchev–Trinajstić information content (AvgIpc) is 2.82. The summed E-state index contributed by atoms with van der Waals surface area (Å²) in [6, 6.07) is 19.4. The fraction of sp³-hybridized carbons (Fsp3) is 0.360. The molecule has 6 nitrogen and oxygen atoms in total. The van der Waals surface area contributed by atoms with E-state index in [1.807, 2.05) is 43.5 Å². The average molecular weight is 413 g/mol. The van der Waals surface area contributed by atoms with Gasteiger partial charge in [0.05, 0.1) is 22.3 Å². The third-order valence-electron chi connectivity index (χ3n) is 5.19. The van der Waals surface area contributed by atoms with Crippen LogP contribution >= 0.6 is 0 Å². The van der Waals surface area contributed by atoms with E-state index < -0.39 is 0 Å². The maximum atomic E-state index is 8.93. The Morgan fingerprint density at radius 1 is 0.774 bits per heavy atom. The van der Waals surface area contributed by atoms with Gasteiger partial charge in [0.25, 0.3) is 0 Å². The Kier molecular flexibility index (Phi) is 10.1. The quantitative estimate of drug-likeness (QED) is 0.689. The number of anilines is 2. The van der Waals surface area contributed by atoms with Gasteiger partial charge in [-0.25, -0.2) is 0 Å². The standard InChI is InChI=1S/C13H15N3.C12H13N3/c1-4-10(2)16(3)13-6-5-11(8-14)12(7-13)9-15;1-3-9(2)15-12-5-4-10(7-13)11(6-12)8-14/h5-7,10H,4H2,1-3H3;4-6,9,15H,3H2,1-2H3/t10-;9-/m11/s1. The number of nitrogens with zero attached hydrogens (tertiary/aromatic N) is 5. The molecule has 0 aromatic heterocycles. The van der Waals surface area contributed by atoms with E-state index in [0.717, 1.165) is 24.2 Å². The number of hydrogen-bond acceptors (Lipinski definition) is 6. The Balaban J connectivity index is 0.000000311. The fourth-order valence-corrected chi connectivity index (χ4v) is 2.68. The molecule has 6 heteroatoms. The summed E-state index contributed by atoms with van der Waals surface area (Å²) in [5.74, 6) is 0. The van der Waals surface area contributed by atoms with Crippen molar-refractivity contribution in [2.45, 2.75) is 52.6 Å². The van der Waals surface area contributed by atoms with Gasteiger partial charge in [-0.05, 0) is 63.1 Å². The largest absolute Gasteiger partial charge is 0.383 e. The fourth-order valence-electron chi connectivity index (χ4n) is 2.68. The second-order valence-corrected chi connectivity index (χ2v) is 7.26. The summed E-state index contributed by atoms with van der Waals surface area (Å²) in [5.41, 5.74) is 3.58. The minimum absolute atomic E-state index is 0.365. The van der Waals surface area contributed by atoms with Gasteiger partial charge in [0, 0.05) is 30.5 Å². The van der Waals surface area contributed by atoms with Crippen LogP contribution in [0.1, 0.15) is 62.8 Å². The van der Waals surface area contributed by atoms with Gasteiger partial charge in [-0.2, -0.15) is 21.0 Å². The van der Waals surface area contributed by atoms with Crippen molar-refractivity contribution in [2.75, 3.05) is 17.3 Å². The number of rotatable bonds is 6. The molecule has 158 valence electrons. The Labute approximate surface area is 185 Å². The van der Waals surface area contributed by atoms with Crippen LogP contribution in [0.3, 0.4) is 0 Å². The molecule has 2 aromatic rings. The highest BCUT2D eigenvalue weighted by molar-refractivity contribution is 5.58. The molecule has 0 aliphatic heterocycles. The molecule has 31 heavy (non-hydrogen) atoms. The molecule has 0 fully saturated rings. The molecule has 0 bridgehead atoms.